The van der Waals surface area contributed by atoms with E-state index in [0.717, 1.165) is 24.9 Å². The minimum absolute atomic E-state index is 0.788. The fraction of sp³-hybridized carbons (Fsp3) is 0.684. The van der Waals surface area contributed by atoms with Gasteiger partial charge in [0.05, 0.1) is 0 Å². The van der Waals surface area contributed by atoms with Gasteiger partial charge in [0.1, 0.15) is 0 Å². The summed E-state index contributed by atoms with van der Waals surface area (Å²) < 4.78 is 0. The van der Waals surface area contributed by atoms with E-state index in [1.54, 1.807) is 0 Å². The molecule has 0 aliphatic rings. The maximum absolute atomic E-state index is 3.58. The molecule has 120 valence electrons. The lowest BCUT2D eigenvalue weighted by atomic mass is 10.1. The van der Waals surface area contributed by atoms with E-state index in [1.165, 1.54) is 37.2 Å². The molecule has 0 aromatic heterocycles. The molecule has 0 bridgehead atoms. The summed E-state index contributed by atoms with van der Waals surface area (Å²) in [6, 6.07) is 8.53. The Labute approximate surface area is 131 Å². The second-order valence-corrected chi connectivity index (χ2v) is 6.95. The molecule has 0 unspecified atom stereocenters. The number of aryl methyl sites for hydroxylation is 1. The molecule has 0 saturated carbocycles. The van der Waals surface area contributed by atoms with Crippen LogP contribution in [0.2, 0.25) is 0 Å². The van der Waals surface area contributed by atoms with Crippen molar-refractivity contribution in [1.29, 1.82) is 0 Å². The Morgan fingerprint density at radius 2 is 1.48 bits per heavy atom. The Balaban J connectivity index is 2.38. The van der Waals surface area contributed by atoms with Gasteiger partial charge in [-0.1, -0.05) is 45.9 Å². The van der Waals surface area contributed by atoms with Crippen molar-refractivity contribution >= 4 is 5.69 Å². The number of rotatable bonds is 10. The summed E-state index contributed by atoms with van der Waals surface area (Å²) in [5, 5.41) is 3.58. The van der Waals surface area contributed by atoms with E-state index >= 15 is 0 Å². The molecular formula is C19H34N2. The van der Waals surface area contributed by atoms with Gasteiger partial charge in [0, 0.05) is 18.8 Å². The number of benzene rings is 1. The molecule has 21 heavy (non-hydrogen) atoms. The summed E-state index contributed by atoms with van der Waals surface area (Å²) in [5.41, 5.74) is 2.60. The zero-order chi connectivity index (χ0) is 15.7. The highest BCUT2D eigenvalue weighted by molar-refractivity contribution is 5.50. The van der Waals surface area contributed by atoms with Crippen LogP contribution in [-0.2, 0) is 0 Å². The van der Waals surface area contributed by atoms with Gasteiger partial charge in [-0.3, -0.25) is 0 Å². The first-order valence-corrected chi connectivity index (χ1v) is 8.51. The van der Waals surface area contributed by atoms with E-state index in [1.807, 2.05) is 0 Å². The van der Waals surface area contributed by atoms with Crippen LogP contribution in [0.3, 0.4) is 0 Å². The Kier molecular flexibility index (Phi) is 8.44. The maximum Gasteiger partial charge on any atom is 0.0370 e. The van der Waals surface area contributed by atoms with E-state index in [0.29, 0.717) is 0 Å². The van der Waals surface area contributed by atoms with Crippen LogP contribution in [0.1, 0.15) is 46.1 Å². The maximum atomic E-state index is 3.58. The van der Waals surface area contributed by atoms with Gasteiger partial charge in [-0.2, -0.15) is 0 Å². The first kappa shape index (κ1) is 18.0. The highest BCUT2D eigenvalue weighted by Crippen LogP contribution is 2.13. The monoisotopic (exact) mass is 290 g/mol. The summed E-state index contributed by atoms with van der Waals surface area (Å²) >= 11 is 0. The first-order valence-electron chi connectivity index (χ1n) is 8.51. The van der Waals surface area contributed by atoms with Crippen LogP contribution in [0.25, 0.3) is 0 Å². The average Bonchev–Trinajstić information content (AvgIpc) is 2.42. The lowest BCUT2D eigenvalue weighted by Gasteiger charge is -2.24. The van der Waals surface area contributed by atoms with Gasteiger partial charge in [-0.05, 0) is 56.3 Å². The Bertz CT molecular complexity index is 373. The van der Waals surface area contributed by atoms with Crippen molar-refractivity contribution in [2.75, 3.05) is 31.5 Å². The van der Waals surface area contributed by atoms with Crippen LogP contribution in [0, 0.1) is 18.8 Å². The fourth-order valence-corrected chi connectivity index (χ4v) is 2.34. The Morgan fingerprint density at radius 3 is 2.00 bits per heavy atom. The second kappa shape index (κ2) is 9.83. The topological polar surface area (TPSA) is 15.3 Å². The summed E-state index contributed by atoms with van der Waals surface area (Å²) in [5.74, 6) is 1.58. The minimum atomic E-state index is 0.788. The van der Waals surface area contributed by atoms with Crippen molar-refractivity contribution in [2.24, 2.45) is 11.8 Å². The zero-order valence-electron chi connectivity index (χ0n) is 14.7. The van der Waals surface area contributed by atoms with E-state index in [-0.39, 0.29) is 0 Å². The highest BCUT2D eigenvalue weighted by atomic mass is 15.1. The van der Waals surface area contributed by atoms with E-state index in [2.05, 4.69) is 69.1 Å². The molecule has 0 atom stereocenters. The quantitative estimate of drug-likeness (QED) is 0.666. The van der Waals surface area contributed by atoms with Crippen molar-refractivity contribution in [3.05, 3.63) is 29.8 Å². The van der Waals surface area contributed by atoms with Crippen molar-refractivity contribution in [3.63, 3.8) is 0 Å². The van der Waals surface area contributed by atoms with E-state index in [4.69, 9.17) is 0 Å². The SMILES string of the molecule is Cc1ccccc1NCCN(CCC(C)C)CCC(C)C. The molecule has 0 radical (unpaired) electrons. The highest BCUT2D eigenvalue weighted by Gasteiger charge is 2.07. The van der Waals surface area contributed by atoms with Crippen LogP contribution in [0.4, 0.5) is 5.69 Å². The van der Waals surface area contributed by atoms with Gasteiger partial charge in [0.2, 0.25) is 0 Å². The van der Waals surface area contributed by atoms with Crippen molar-refractivity contribution in [1.82, 2.24) is 4.90 Å². The van der Waals surface area contributed by atoms with Crippen LogP contribution in [0.15, 0.2) is 24.3 Å². The normalized spacial score (nSPS) is 11.6. The number of hydrogen-bond donors (Lipinski definition) is 1. The van der Waals surface area contributed by atoms with Gasteiger partial charge in [-0.25, -0.2) is 0 Å². The standard InChI is InChI=1S/C19H34N2/c1-16(2)10-13-21(14-11-17(3)4)15-12-20-19-9-7-6-8-18(19)5/h6-9,16-17,20H,10-15H2,1-5H3. The van der Waals surface area contributed by atoms with Crippen LogP contribution in [-0.4, -0.2) is 31.1 Å². The molecule has 1 aromatic carbocycles. The molecule has 2 heteroatoms. The number of anilines is 1. The molecule has 1 N–H and O–H groups in total. The van der Waals surface area contributed by atoms with Crippen molar-refractivity contribution in [2.45, 2.75) is 47.5 Å². The third-order valence-electron chi connectivity index (χ3n) is 3.93. The lowest BCUT2D eigenvalue weighted by Crippen LogP contribution is -2.32. The lowest BCUT2D eigenvalue weighted by molar-refractivity contribution is 0.252. The van der Waals surface area contributed by atoms with E-state index in [9.17, 15) is 0 Å². The summed E-state index contributed by atoms with van der Waals surface area (Å²) in [6.45, 7) is 16.0. The molecule has 2 nitrogen and oxygen atoms in total. The van der Waals surface area contributed by atoms with Crippen LogP contribution >= 0.6 is 0 Å². The molecule has 0 aliphatic carbocycles. The molecule has 0 fully saturated rings. The summed E-state index contributed by atoms with van der Waals surface area (Å²) in [7, 11) is 0. The number of nitrogens with zero attached hydrogens (tertiary/aromatic N) is 1. The van der Waals surface area contributed by atoms with E-state index < -0.39 is 0 Å². The molecule has 0 saturated heterocycles. The smallest absolute Gasteiger partial charge is 0.0370 e. The first-order chi connectivity index (χ1) is 9.99. The van der Waals surface area contributed by atoms with Crippen molar-refractivity contribution < 1.29 is 0 Å². The molecule has 1 rings (SSSR count). The molecular weight excluding hydrogens is 256 g/mol. The predicted molar refractivity (Wildman–Crippen MR) is 95.0 cm³/mol. The summed E-state index contributed by atoms with van der Waals surface area (Å²) in [6.07, 6.45) is 2.59. The Hall–Kier alpha value is -1.02. The largest absolute Gasteiger partial charge is 0.384 e. The zero-order valence-corrected chi connectivity index (χ0v) is 14.7. The molecule has 0 amide bonds. The van der Waals surface area contributed by atoms with Gasteiger partial charge < -0.3 is 10.2 Å². The van der Waals surface area contributed by atoms with Crippen molar-refractivity contribution in [3.8, 4) is 0 Å². The molecule has 0 aliphatic heterocycles. The fourth-order valence-electron chi connectivity index (χ4n) is 2.34. The van der Waals surface area contributed by atoms with Gasteiger partial charge in [-0.15, -0.1) is 0 Å². The Morgan fingerprint density at radius 1 is 0.905 bits per heavy atom. The van der Waals surface area contributed by atoms with Crippen LogP contribution < -0.4 is 5.32 Å². The second-order valence-electron chi connectivity index (χ2n) is 6.95. The average molecular weight is 290 g/mol. The van der Waals surface area contributed by atoms with Gasteiger partial charge in [0.25, 0.3) is 0 Å². The molecule has 0 spiro atoms. The van der Waals surface area contributed by atoms with Gasteiger partial charge >= 0.3 is 0 Å². The minimum Gasteiger partial charge on any atom is -0.384 e. The predicted octanol–water partition coefficient (Wildman–Crippen LogP) is 4.80. The number of hydrogen-bond acceptors (Lipinski definition) is 2. The third-order valence-corrected chi connectivity index (χ3v) is 3.93. The van der Waals surface area contributed by atoms with Gasteiger partial charge in [0.15, 0.2) is 0 Å². The number of nitrogens with one attached hydrogen (secondary N) is 1. The van der Waals surface area contributed by atoms with Crippen LogP contribution in [0.5, 0.6) is 0 Å². The molecule has 1 aromatic rings. The summed E-state index contributed by atoms with van der Waals surface area (Å²) in [4.78, 5) is 2.62. The third kappa shape index (κ3) is 8.11. The molecule has 0 heterocycles. The number of para-hydroxylation sites is 1.